The van der Waals surface area contributed by atoms with Gasteiger partial charge in [-0.05, 0) is 12.1 Å². The van der Waals surface area contributed by atoms with Gasteiger partial charge in [-0.2, -0.15) is 4.68 Å². The number of hydrogen-bond acceptors (Lipinski definition) is 4. The van der Waals surface area contributed by atoms with Crippen molar-refractivity contribution in [3.8, 4) is 11.7 Å². The Labute approximate surface area is 105 Å². The second-order valence-corrected chi connectivity index (χ2v) is 4.00. The fourth-order valence-electron chi connectivity index (χ4n) is 1.65. The number of nitrogens with one attached hydrogen (secondary N) is 1. The highest BCUT2D eigenvalue weighted by atomic mass is 35.5. The van der Waals surface area contributed by atoms with Gasteiger partial charge in [0.15, 0.2) is 11.0 Å². The van der Waals surface area contributed by atoms with Crippen LogP contribution in [0.4, 0.5) is 0 Å². The SMILES string of the molecule is O=c1cc(O)n(-c2nc3ccccc3nc2Cl)[nH]1. The number of nitrogens with zero attached hydrogens (tertiary/aromatic N) is 3. The first-order valence-corrected chi connectivity index (χ1v) is 5.46. The smallest absolute Gasteiger partial charge is 0.268 e. The molecule has 0 fully saturated rings. The van der Waals surface area contributed by atoms with E-state index in [2.05, 4.69) is 15.1 Å². The first-order valence-electron chi connectivity index (χ1n) is 5.09. The lowest BCUT2D eigenvalue weighted by atomic mass is 10.3. The number of H-pyrrole nitrogens is 1. The number of aromatic nitrogens is 4. The molecule has 0 spiro atoms. The van der Waals surface area contributed by atoms with Crippen molar-refractivity contribution in [1.82, 2.24) is 19.7 Å². The minimum Gasteiger partial charge on any atom is -0.493 e. The van der Waals surface area contributed by atoms with Crippen molar-refractivity contribution in [1.29, 1.82) is 0 Å². The van der Waals surface area contributed by atoms with Crippen molar-refractivity contribution in [2.75, 3.05) is 0 Å². The summed E-state index contributed by atoms with van der Waals surface area (Å²) < 4.78 is 1.09. The highest BCUT2D eigenvalue weighted by Gasteiger charge is 2.12. The third kappa shape index (κ3) is 1.63. The van der Waals surface area contributed by atoms with Crippen LogP contribution in [0, 0.1) is 0 Å². The molecule has 6 nitrogen and oxygen atoms in total. The monoisotopic (exact) mass is 262 g/mol. The molecule has 1 aromatic carbocycles. The van der Waals surface area contributed by atoms with Crippen LogP contribution in [-0.2, 0) is 0 Å². The molecule has 18 heavy (non-hydrogen) atoms. The standard InChI is InChI=1S/C11H7ClN4O2/c12-10-11(16-9(18)5-8(17)15-16)14-7-4-2-1-3-6(7)13-10/h1-5,18H,(H,15,17). The quantitative estimate of drug-likeness (QED) is 0.695. The molecule has 3 aromatic rings. The topological polar surface area (TPSA) is 83.8 Å². The lowest BCUT2D eigenvalue weighted by Gasteiger charge is -2.06. The molecule has 0 aliphatic heterocycles. The number of halogens is 1. The molecular formula is C11H7ClN4O2. The van der Waals surface area contributed by atoms with Crippen LogP contribution in [0.1, 0.15) is 0 Å². The third-order valence-electron chi connectivity index (χ3n) is 2.43. The van der Waals surface area contributed by atoms with E-state index in [1.165, 1.54) is 0 Å². The third-order valence-corrected chi connectivity index (χ3v) is 2.69. The van der Waals surface area contributed by atoms with Crippen LogP contribution in [0.3, 0.4) is 0 Å². The van der Waals surface area contributed by atoms with Crippen LogP contribution in [0.5, 0.6) is 5.88 Å². The highest BCUT2D eigenvalue weighted by Crippen LogP contribution is 2.22. The number of fused-ring (bicyclic) bond motifs is 1. The molecule has 0 atom stereocenters. The number of para-hydroxylation sites is 2. The Hall–Kier alpha value is -2.34. The molecule has 0 bridgehead atoms. The van der Waals surface area contributed by atoms with E-state index in [4.69, 9.17) is 11.6 Å². The summed E-state index contributed by atoms with van der Waals surface area (Å²) in [5.74, 6) is -0.0959. The lowest BCUT2D eigenvalue weighted by molar-refractivity contribution is 0.432. The van der Waals surface area contributed by atoms with E-state index in [9.17, 15) is 9.90 Å². The van der Waals surface area contributed by atoms with Crippen molar-refractivity contribution < 1.29 is 5.11 Å². The molecule has 0 saturated heterocycles. The first-order chi connectivity index (χ1) is 8.65. The van der Waals surface area contributed by atoms with Crippen molar-refractivity contribution in [2.24, 2.45) is 0 Å². The number of aromatic amines is 1. The van der Waals surface area contributed by atoms with Gasteiger partial charge in [-0.25, -0.2) is 9.97 Å². The van der Waals surface area contributed by atoms with E-state index in [0.717, 1.165) is 10.7 Å². The minimum absolute atomic E-state index is 0.0934. The maximum atomic E-state index is 11.1. The fourth-order valence-corrected chi connectivity index (χ4v) is 1.87. The van der Waals surface area contributed by atoms with Gasteiger partial charge < -0.3 is 5.11 Å². The van der Waals surface area contributed by atoms with E-state index < -0.39 is 5.56 Å². The van der Waals surface area contributed by atoms with E-state index in [1.54, 1.807) is 12.1 Å². The molecule has 0 unspecified atom stereocenters. The minimum atomic E-state index is -0.446. The summed E-state index contributed by atoms with van der Waals surface area (Å²) in [6.45, 7) is 0. The number of rotatable bonds is 1. The Balaban J connectivity index is 2.32. The first kappa shape index (κ1) is 10.8. The Kier molecular flexibility index (Phi) is 2.31. The van der Waals surface area contributed by atoms with Crippen LogP contribution in [-0.4, -0.2) is 24.9 Å². The largest absolute Gasteiger partial charge is 0.493 e. The molecule has 3 rings (SSSR count). The van der Waals surface area contributed by atoms with Gasteiger partial charge in [0.05, 0.1) is 17.1 Å². The zero-order valence-corrected chi connectivity index (χ0v) is 9.72. The average molecular weight is 263 g/mol. The summed E-state index contributed by atoms with van der Waals surface area (Å²) >= 11 is 5.99. The van der Waals surface area contributed by atoms with Crippen LogP contribution in [0.15, 0.2) is 35.1 Å². The summed E-state index contributed by atoms with van der Waals surface area (Å²) in [6, 6.07) is 8.21. The van der Waals surface area contributed by atoms with Gasteiger partial charge in [0.25, 0.3) is 5.56 Å². The molecule has 7 heteroatoms. The number of hydrogen-bond donors (Lipinski definition) is 2. The van der Waals surface area contributed by atoms with Crippen molar-refractivity contribution >= 4 is 22.6 Å². The van der Waals surface area contributed by atoms with Gasteiger partial charge in [-0.3, -0.25) is 9.89 Å². The predicted molar refractivity (Wildman–Crippen MR) is 66.2 cm³/mol. The number of aromatic hydroxyl groups is 1. The maximum Gasteiger partial charge on any atom is 0.268 e. The molecule has 0 radical (unpaired) electrons. The van der Waals surface area contributed by atoms with Gasteiger partial charge in [0.2, 0.25) is 5.88 Å². The van der Waals surface area contributed by atoms with Gasteiger partial charge in [-0.15, -0.1) is 0 Å². The molecule has 90 valence electrons. The highest BCUT2D eigenvalue weighted by molar-refractivity contribution is 6.31. The molecule has 0 aliphatic rings. The zero-order valence-electron chi connectivity index (χ0n) is 8.96. The van der Waals surface area contributed by atoms with Crippen molar-refractivity contribution in [3.63, 3.8) is 0 Å². The Morgan fingerprint density at radius 1 is 1.22 bits per heavy atom. The lowest BCUT2D eigenvalue weighted by Crippen LogP contribution is -2.06. The molecule has 2 aromatic heterocycles. The Bertz CT molecular complexity index is 793. The summed E-state index contributed by atoms with van der Waals surface area (Å²) in [4.78, 5) is 19.5. The van der Waals surface area contributed by atoms with E-state index in [0.29, 0.717) is 11.0 Å². The van der Waals surface area contributed by atoms with Crippen molar-refractivity contribution in [3.05, 3.63) is 45.8 Å². The second-order valence-electron chi connectivity index (χ2n) is 3.64. The van der Waals surface area contributed by atoms with Crippen LogP contribution in [0.2, 0.25) is 5.15 Å². The van der Waals surface area contributed by atoms with Crippen LogP contribution >= 0.6 is 11.6 Å². The average Bonchev–Trinajstić information content (AvgIpc) is 2.67. The fraction of sp³-hybridized carbons (Fsp3) is 0. The Morgan fingerprint density at radius 3 is 2.50 bits per heavy atom. The molecule has 0 amide bonds. The van der Waals surface area contributed by atoms with Gasteiger partial charge >= 0.3 is 0 Å². The number of benzene rings is 1. The van der Waals surface area contributed by atoms with Crippen LogP contribution < -0.4 is 5.56 Å². The second kappa shape index (κ2) is 3.85. The zero-order chi connectivity index (χ0) is 12.7. The van der Waals surface area contributed by atoms with Gasteiger partial charge in [-0.1, -0.05) is 23.7 Å². The predicted octanol–water partition coefficient (Wildman–Crippen LogP) is 1.47. The van der Waals surface area contributed by atoms with Gasteiger partial charge in [0, 0.05) is 0 Å². The van der Waals surface area contributed by atoms with E-state index in [-0.39, 0.29) is 16.9 Å². The van der Waals surface area contributed by atoms with E-state index in [1.807, 2.05) is 12.1 Å². The normalized spacial score (nSPS) is 10.9. The van der Waals surface area contributed by atoms with E-state index >= 15 is 0 Å². The summed E-state index contributed by atoms with van der Waals surface area (Å²) in [7, 11) is 0. The summed E-state index contributed by atoms with van der Waals surface area (Å²) in [5, 5.41) is 12.1. The molecule has 2 heterocycles. The molecule has 0 saturated carbocycles. The summed E-state index contributed by atoms with van der Waals surface area (Å²) in [5.41, 5.74) is 0.810. The maximum absolute atomic E-state index is 11.1. The van der Waals surface area contributed by atoms with Crippen molar-refractivity contribution in [2.45, 2.75) is 0 Å². The Morgan fingerprint density at radius 2 is 1.89 bits per heavy atom. The summed E-state index contributed by atoms with van der Waals surface area (Å²) in [6.07, 6.45) is 0. The molecule has 2 N–H and O–H groups in total. The molecular weight excluding hydrogens is 256 g/mol. The molecule has 0 aliphatic carbocycles. The van der Waals surface area contributed by atoms with Gasteiger partial charge in [0.1, 0.15) is 0 Å². The van der Waals surface area contributed by atoms with Crippen LogP contribution in [0.25, 0.3) is 16.9 Å².